The molecule has 0 fully saturated rings. The Bertz CT molecular complexity index is 901. The Morgan fingerprint density at radius 3 is 2.84 bits per heavy atom. The number of aromatic nitrogens is 2. The quantitative estimate of drug-likeness (QED) is 0.671. The lowest BCUT2D eigenvalue weighted by Gasteiger charge is -2.03. The molecule has 0 aliphatic rings. The predicted octanol–water partition coefficient (Wildman–Crippen LogP) is 4.83. The van der Waals surface area contributed by atoms with E-state index in [2.05, 4.69) is 15.5 Å². The lowest BCUT2D eigenvalue weighted by molar-refractivity contribution is -0.115. The molecule has 0 saturated heterocycles. The molecule has 5 nitrogen and oxygen atoms in total. The highest BCUT2D eigenvalue weighted by Gasteiger charge is 2.15. The molecule has 2 aromatic heterocycles. The van der Waals surface area contributed by atoms with Gasteiger partial charge in [0, 0.05) is 23.1 Å². The van der Waals surface area contributed by atoms with Crippen molar-refractivity contribution in [2.75, 3.05) is 5.32 Å². The second kappa shape index (κ2) is 7.56. The molecule has 130 valence electrons. The smallest absolute Gasteiger partial charge is 0.230 e. The molecular weight excluding hydrogens is 381 g/mol. The van der Waals surface area contributed by atoms with Gasteiger partial charge in [-0.05, 0) is 25.5 Å². The predicted molar refractivity (Wildman–Crippen MR) is 99.7 cm³/mol. The fourth-order valence-electron chi connectivity index (χ4n) is 2.40. The van der Waals surface area contributed by atoms with Gasteiger partial charge >= 0.3 is 0 Å². The van der Waals surface area contributed by atoms with E-state index < -0.39 is 0 Å². The number of hydrogen-bond acceptors (Lipinski definition) is 5. The summed E-state index contributed by atoms with van der Waals surface area (Å²) in [7, 11) is 0. The van der Waals surface area contributed by atoms with E-state index in [9.17, 15) is 4.79 Å². The molecule has 0 aliphatic heterocycles. The van der Waals surface area contributed by atoms with E-state index in [-0.39, 0.29) is 12.3 Å². The average molecular weight is 396 g/mol. The summed E-state index contributed by atoms with van der Waals surface area (Å²) in [4.78, 5) is 17.4. The Kier molecular flexibility index (Phi) is 5.42. The number of benzene rings is 1. The summed E-state index contributed by atoms with van der Waals surface area (Å²) in [6.07, 6.45) is 2.54. The lowest BCUT2D eigenvalue weighted by atomic mass is 10.1. The Labute approximate surface area is 159 Å². The largest absolute Gasteiger partial charge is 0.361 e. The van der Waals surface area contributed by atoms with Gasteiger partial charge in [0.25, 0.3) is 0 Å². The van der Waals surface area contributed by atoms with E-state index in [0.29, 0.717) is 27.4 Å². The second-order valence-corrected chi connectivity index (χ2v) is 7.45. The van der Waals surface area contributed by atoms with Crippen LogP contribution >= 0.6 is 34.5 Å². The van der Waals surface area contributed by atoms with Crippen molar-refractivity contribution in [3.8, 4) is 0 Å². The van der Waals surface area contributed by atoms with Gasteiger partial charge in [0.1, 0.15) is 5.76 Å². The number of aryl methyl sites for hydroxylation is 2. The van der Waals surface area contributed by atoms with Crippen molar-refractivity contribution in [3.05, 3.63) is 61.9 Å². The summed E-state index contributed by atoms with van der Waals surface area (Å²) >= 11 is 13.7. The molecule has 0 atom stereocenters. The van der Waals surface area contributed by atoms with Crippen LogP contribution in [0.2, 0.25) is 10.0 Å². The van der Waals surface area contributed by atoms with E-state index in [0.717, 1.165) is 21.7 Å². The average Bonchev–Trinajstić information content (AvgIpc) is 3.13. The van der Waals surface area contributed by atoms with Gasteiger partial charge in [-0.1, -0.05) is 40.5 Å². The van der Waals surface area contributed by atoms with E-state index in [1.54, 1.807) is 19.2 Å². The maximum absolute atomic E-state index is 12.2. The first-order valence-corrected chi connectivity index (χ1v) is 9.10. The van der Waals surface area contributed by atoms with Crippen molar-refractivity contribution in [1.82, 2.24) is 10.1 Å². The first-order chi connectivity index (χ1) is 11.9. The monoisotopic (exact) mass is 395 g/mol. The van der Waals surface area contributed by atoms with Crippen LogP contribution in [0.4, 0.5) is 5.13 Å². The Morgan fingerprint density at radius 2 is 2.12 bits per heavy atom. The van der Waals surface area contributed by atoms with Crippen molar-refractivity contribution < 1.29 is 9.32 Å². The number of hydrogen-bond donors (Lipinski definition) is 1. The normalized spacial score (nSPS) is 10.9. The van der Waals surface area contributed by atoms with Gasteiger partial charge < -0.3 is 9.84 Å². The molecule has 3 rings (SSSR count). The molecule has 8 heteroatoms. The van der Waals surface area contributed by atoms with Gasteiger partial charge in [-0.2, -0.15) is 0 Å². The van der Waals surface area contributed by atoms with E-state index >= 15 is 0 Å². The zero-order valence-electron chi connectivity index (χ0n) is 13.6. The van der Waals surface area contributed by atoms with Crippen LogP contribution in [0.3, 0.4) is 0 Å². The molecule has 1 aromatic carbocycles. The number of rotatable bonds is 5. The first kappa shape index (κ1) is 17.9. The van der Waals surface area contributed by atoms with Gasteiger partial charge in [-0.25, -0.2) is 4.98 Å². The minimum absolute atomic E-state index is 0.156. The maximum atomic E-state index is 12.2. The fraction of sp³-hybridized carbons (Fsp3) is 0.235. The number of halogens is 2. The van der Waals surface area contributed by atoms with E-state index in [4.69, 9.17) is 27.7 Å². The zero-order chi connectivity index (χ0) is 18.0. The zero-order valence-corrected chi connectivity index (χ0v) is 15.9. The number of carbonyl (C=O) groups excluding carboxylic acids is 1. The Balaban J connectivity index is 1.65. The molecule has 0 spiro atoms. The summed E-state index contributed by atoms with van der Waals surface area (Å²) < 4.78 is 5.07. The van der Waals surface area contributed by atoms with Gasteiger partial charge in [-0.15, -0.1) is 11.3 Å². The fourth-order valence-corrected chi connectivity index (χ4v) is 3.64. The summed E-state index contributed by atoms with van der Waals surface area (Å²) in [5.41, 5.74) is 2.45. The highest BCUT2D eigenvalue weighted by atomic mass is 35.5. The molecule has 0 unspecified atom stereocenters. The number of thiazole rings is 1. The highest BCUT2D eigenvalue weighted by molar-refractivity contribution is 7.15. The van der Waals surface area contributed by atoms with Crippen molar-refractivity contribution in [2.24, 2.45) is 0 Å². The van der Waals surface area contributed by atoms with Gasteiger partial charge in [0.15, 0.2) is 5.13 Å². The van der Waals surface area contributed by atoms with Gasteiger partial charge in [-0.3, -0.25) is 4.79 Å². The molecule has 1 amide bonds. The number of nitrogens with one attached hydrogen (secondary N) is 1. The Morgan fingerprint density at radius 1 is 1.32 bits per heavy atom. The van der Waals surface area contributed by atoms with Crippen molar-refractivity contribution in [3.63, 3.8) is 0 Å². The first-order valence-electron chi connectivity index (χ1n) is 7.53. The molecule has 2 heterocycles. The third-order valence-corrected chi connectivity index (χ3v) is 5.49. The molecule has 25 heavy (non-hydrogen) atoms. The van der Waals surface area contributed by atoms with Crippen LogP contribution in [0.25, 0.3) is 0 Å². The summed E-state index contributed by atoms with van der Waals surface area (Å²) in [5, 5.41) is 8.27. The molecule has 0 saturated carbocycles. The SMILES string of the molecule is Cc1noc(C)c1CC(=O)Nc1ncc(Cc2cccc(Cl)c2Cl)s1. The summed E-state index contributed by atoms with van der Waals surface area (Å²) in [5.74, 6) is 0.499. The number of nitrogens with zero attached hydrogens (tertiary/aromatic N) is 2. The molecule has 1 N–H and O–H groups in total. The highest BCUT2D eigenvalue weighted by Crippen LogP contribution is 2.29. The van der Waals surface area contributed by atoms with Gasteiger partial charge in [0.2, 0.25) is 5.91 Å². The molecule has 0 bridgehead atoms. The standard InChI is InChI=1S/C17H15Cl2N3O2S/c1-9-13(10(2)24-22-9)7-15(23)21-17-20-8-12(25-17)6-11-4-3-5-14(18)16(11)19/h3-5,8H,6-7H2,1-2H3,(H,20,21,23). The van der Waals surface area contributed by atoms with Gasteiger partial charge in [0.05, 0.1) is 22.2 Å². The van der Waals surface area contributed by atoms with Crippen LogP contribution in [0, 0.1) is 13.8 Å². The minimum atomic E-state index is -0.156. The third-order valence-electron chi connectivity index (χ3n) is 3.71. The van der Waals surface area contributed by atoms with Crippen LogP contribution in [0.15, 0.2) is 28.9 Å². The van der Waals surface area contributed by atoms with E-state index in [1.165, 1.54) is 11.3 Å². The minimum Gasteiger partial charge on any atom is -0.361 e. The topological polar surface area (TPSA) is 68.0 Å². The van der Waals surface area contributed by atoms with Crippen molar-refractivity contribution in [1.29, 1.82) is 0 Å². The van der Waals surface area contributed by atoms with Crippen LogP contribution in [0.5, 0.6) is 0 Å². The number of carbonyl (C=O) groups is 1. The lowest BCUT2D eigenvalue weighted by Crippen LogP contribution is -2.14. The molecule has 0 radical (unpaired) electrons. The third kappa shape index (κ3) is 4.21. The van der Waals surface area contributed by atoms with E-state index in [1.807, 2.05) is 19.1 Å². The molecule has 0 aliphatic carbocycles. The maximum Gasteiger partial charge on any atom is 0.230 e. The summed E-state index contributed by atoms with van der Waals surface area (Å²) in [6, 6.07) is 5.53. The number of anilines is 1. The second-order valence-electron chi connectivity index (χ2n) is 5.55. The van der Waals surface area contributed by atoms with Crippen molar-refractivity contribution >= 4 is 45.6 Å². The molecule has 3 aromatic rings. The van der Waals surface area contributed by atoms with Crippen LogP contribution < -0.4 is 5.32 Å². The number of amides is 1. The van der Waals surface area contributed by atoms with Crippen molar-refractivity contribution in [2.45, 2.75) is 26.7 Å². The summed E-state index contributed by atoms with van der Waals surface area (Å²) in [6.45, 7) is 3.61. The molecular formula is C17H15Cl2N3O2S. The van der Waals surface area contributed by atoms with Crippen LogP contribution in [0.1, 0.15) is 27.5 Å². The van der Waals surface area contributed by atoms with Crippen LogP contribution in [-0.2, 0) is 17.6 Å². The van der Waals surface area contributed by atoms with Crippen LogP contribution in [-0.4, -0.2) is 16.0 Å². The Hall–Kier alpha value is -1.89.